The van der Waals surface area contributed by atoms with Gasteiger partial charge in [-0.05, 0) is 38.1 Å². The number of aryl methyl sites for hydroxylation is 1. The monoisotopic (exact) mass is 375 g/mol. The number of hydrogen-bond donors (Lipinski definition) is 1. The van der Waals surface area contributed by atoms with Crippen molar-refractivity contribution in [2.75, 3.05) is 21.3 Å². The van der Waals surface area contributed by atoms with Crippen LogP contribution >= 0.6 is 11.8 Å². The lowest BCUT2D eigenvalue weighted by Gasteiger charge is -2.17. The molecule has 2 rings (SSSR count). The molecular weight excluding hydrogens is 350 g/mol. The zero-order chi connectivity index (χ0) is 19.1. The van der Waals surface area contributed by atoms with Crippen LogP contribution in [0.3, 0.4) is 0 Å². The normalized spacial score (nSPS) is 11.6. The number of ether oxygens (including phenoxy) is 3. The molecule has 0 unspecified atom stereocenters. The summed E-state index contributed by atoms with van der Waals surface area (Å²) in [5, 5.41) is 2.75. The zero-order valence-electron chi connectivity index (χ0n) is 15.8. The highest BCUT2D eigenvalue weighted by atomic mass is 32.2. The van der Waals surface area contributed by atoms with Crippen molar-refractivity contribution in [1.29, 1.82) is 0 Å². The molecule has 5 nitrogen and oxygen atoms in total. The van der Waals surface area contributed by atoms with Crippen molar-refractivity contribution in [3.8, 4) is 17.2 Å². The minimum Gasteiger partial charge on any atom is -0.493 e. The molecule has 0 radical (unpaired) electrons. The van der Waals surface area contributed by atoms with Gasteiger partial charge >= 0.3 is 0 Å². The summed E-state index contributed by atoms with van der Waals surface area (Å²) in [6, 6.07) is 11.8. The highest BCUT2D eigenvalue weighted by Gasteiger charge is 2.18. The van der Waals surface area contributed by atoms with Crippen LogP contribution in [-0.2, 0) is 11.3 Å². The van der Waals surface area contributed by atoms with E-state index in [1.165, 1.54) is 17.3 Å². The van der Waals surface area contributed by atoms with E-state index in [1.54, 1.807) is 27.4 Å². The molecule has 0 fully saturated rings. The lowest BCUT2D eigenvalue weighted by Crippen LogP contribution is -2.30. The Balaban J connectivity index is 2.03. The summed E-state index contributed by atoms with van der Waals surface area (Å²) in [6.45, 7) is 4.29. The third-order valence-corrected chi connectivity index (χ3v) is 5.05. The van der Waals surface area contributed by atoms with Gasteiger partial charge in [0.1, 0.15) is 0 Å². The average Bonchev–Trinajstić information content (AvgIpc) is 2.66. The van der Waals surface area contributed by atoms with Gasteiger partial charge in [-0.1, -0.05) is 17.7 Å². The maximum absolute atomic E-state index is 12.4. The maximum Gasteiger partial charge on any atom is 0.233 e. The van der Waals surface area contributed by atoms with Crippen molar-refractivity contribution in [2.24, 2.45) is 0 Å². The highest BCUT2D eigenvalue weighted by molar-refractivity contribution is 8.00. The fraction of sp³-hybridized carbons (Fsp3) is 0.350. The van der Waals surface area contributed by atoms with Gasteiger partial charge in [-0.3, -0.25) is 4.79 Å². The van der Waals surface area contributed by atoms with Crippen LogP contribution in [0.1, 0.15) is 18.1 Å². The number of benzene rings is 2. The van der Waals surface area contributed by atoms with Gasteiger partial charge in [0.05, 0.1) is 26.6 Å². The molecule has 0 heterocycles. The number of methoxy groups -OCH3 is 3. The molecule has 1 N–H and O–H groups in total. The van der Waals surface area contributed by atoms with Crippen LogP contribution in [0.15, 0.2) is 41.3 Å². The predicted molar refractivity (Wildman–Crippen MR) is 104 cm³/mol. The first kappa shape index (κ1) is 20.0. The minimum absolute atomic E-state index is 0.0348. The average molecular weight is 375 g/mol. The SMILES string of the molecule is COc1ccc(CNC(=O)[C@@H](C)Sc2ccc(C)cc2)c(OC)c1OC. The van der Waals surface area contributed by atoms with E-state index >= 15 is 0 Å². The molecule has 0 aliphatic heterocycles. The van der Waals surface area contributed by atoms with Gasteiger partial charge in [-0.25, -0.2) is 0 Å². The fourth-order valence-corrected chi connectivity index (χ4v) is 3.39. The van der Waals surface area contributed by atoms with Crippen molar-refractivity contribution >= 4 is 17.7 Å². The summed E-state index contributed by atoms with van der Waals surface area (Å²) in [6.07, 6.45) is 0. The van der Waals surface area contributed by atoms with E-state index in [1.807, 2.05) is 44.2 Å². The van der Waals surface area contributed by atoms with E-state index in [0.717, 1.165) is 10.5 Å². The molecule has 0 bridgehead atoms. The van der Waals surface area contributed by atoms with Crippen LogP contribution < -0.4 is 19.5 Å². The lowest BCUT2D eigenvalue weighted by atomic mass is 10.1. The van der Waals surface area contributed by atoms with E-state index < -0.39 is 0 Å². The van der Waals surface area contributed by atoms with Gasteiger partial charge in [0.25, 0.3) is 0 Å². The second kappa shape index (κ2) is 9.38. The molecule has 2 aromatic carbocycles. The third kappa shape index (κ3) is 4.85. The second-order valence-corrected chi connectivity index (χ2v) is 7.20. The first-order valence-corrected chi connectivity index (χ1v) is 9.17. The molecule has 0 aromatic heterocycles. The molecule has 0 aliphatic carbocycles. The van der Waals surface area contributed by atoms with Crippen molar-refractivity contribution in [3.63, 3.8) is 0 Å². The Labute approximate surface area is 159 Å². The van der Waals surface area contributed by atoms with Crippen LogP contribution in [0.4, 0.5) is 0 Å². The number of amides is 1. The van der Waals surface area contributed by atoms with Crippen LogP contribution in [0.2, 0.25) is 0 Å². The number of nitrogens with one attached hydrogen (secondary N) is 1. The Morgan fingerprint density at radius 1 is 1.00 bits per heavy atom. The number of thioether (sulfide) groups is 1. The Kier molecular flexibility index (Phi) is 7.21. The Hall–Kier alpha value is -2.34. The molecule has 26 heavy (non-hydrogen) atoms. The molecule has 0 saturated heterocycles. The first-order valence-electron chi connectivity index (χ1n) is 8.29. The first-order chi connectivity index (χ1) is 12.5. The summed E-state index contributed by atoms with van der Waals surface area (Å²) >= 11 is 1.53. The molecular formula is C20H25NO4S. The van der Waals surface area contributed by atoms with Gasteiger partial charge in [0.2, 0.25) is 11.7 Å². The van der Waals surface area contributed by atoms with E-state index in [4.69, 9.17) is 14.2 Å². The molecule has 0 saturated carbocycles. The summed E-state index contributed by atoms with van der Waals surface area (Å²) in [5.74, 6) is 1.63. The quantitative estimate of drug-likeness (QED) is 0.711. The highest BCUT2D eigenvalue weighted by Crippen LogP contribution is 2.39. The maximum atomic E-state index is 12.4. The topological polar surface area (TPSA) is 56.8 Å². The molecule has 1 atom stereocenters. The van der Waals surface area contributed by atoms with Gasteiger partial charge in [0.15, 0.2) is 11.5 Å². The number of hydrogen-bond acceptors (Lipinski definition) is 5. The Morgan fingerprint density at radius 3 is 2.23 bits per heavy atom. The largest absolute Gasteiger partial charge is 0.493 e. The van der Waals surface area contributed by atoms with Crippen molar-refractivity contribution < 1.29 is 19.0 Å². The zero-order valence-corrected chi connectivity index (χ0v) is 16.6. The Bertz CT molecular complexity index is 746. The standard InChI is InChI=1S/C20H25NO4S/c1-13-6-9-16(10-7-13)26-14(2)20(22)21-12-15-8-11-17(23-3)19(25-5)18(15)24-4/h6-11,14H,12H2,1-5H3,(H,21,22)/t14-/m1/s1. The summed E-state index contributed by atoms with van der Waals surface area (Å²) < 4.78 is 16.1. The van der Waals surface area contributed by atoms with Crippen LogP contribution in [-0.4, -0.2) is 32.5 Å². The van der Waals surface area contributed by atoms with E-state index in [0.29, 0.717) is 23.8 Å². The van der Waals surface area contributed by atoms with Gasteiger partial charge in [-0.15, -0.1) is 11.8 Å². The second-order valence-electron chi connectivity index (χ2n) is 5.78. The van der Waals surface area contributed by atoms with E-state index in [9.17, 15) is 4.79 Å². The van der Waals surface area contributed by atoms with Crippen molar-refractivity contribution in [1.82, 2.24) is 5.32 Å². The molecule has 6 heteroatoms. The van der Waals surface area contributed by atoms with Gasteiger partial charge in [-0.2, -0.15) is 0 Å². The van der Waals surface area contributed by atoms with Crippen LogP contribution in [0, 0.1) is 6.92 Å². The lowest BCUT2D eigenvalue weighted by molar-refractivity contribution is -0.120. The van der Waals surface area contributed by atoms with E-state index in [-0.39, 0.29) is 11.2 Å². The fourth-order valence-electron chi connectivity index (χ4n) is 2.50. The number of carbonyl (C=O) groups excluding carboxylic acids is 1. The summed E-state index contributed by atoms with van der Waals surface area (Å²) in [5.41, 5.74) is 2.03. The molecule has 2 aromatic rings. The molecule has 1 amide bonds. The summed E-state index contributed by atoms with van der Waals surface area (Å²) in [7, 11) is 4.70. The van der Waals surface area contributed by atoms with Crippen LogP contribution in [0.5, 0.6) is 17.2 Å². The predicted octanol–water partition coefficient (Wildman–Crippen LogP) is 3.82. The number of rotatable bonds is 8. The smallest absolute Gasteiger partial charge is 0.233 e. The Morgan fingerprint density at radius 2 is 1.65 bits per heavy atom. The number of carbonyl (C=O) groups is 1. The van der Waals surface area contributed by atoms with Gasteiger partial charge in [0, 0.05) is 17.0 Å². The third-order valence-electron chi connectivity index (χ3n) is 3.94. The molecule has 140 valence electrons. The van der Waals surface area contributed by atoms with Gasteiger partial charge < -0.3 is 19.5 Å². The molecule has 0 aliphatic rings. The molecule has 0 spiro atoms. The van der Waals surface area contributed by atoms with Crippen LogP contribution in [0.25, 0.3) is 0 Å². The minimum atomic E-state index is -0.205. The van der Waals surface area contributed by atoms with Crippen molar-refractivity contribution in [2.45, 2.75) is 30.5 Å². The summed E-state index contributed by atoms with van der Waals surface area (Å²) in [4.78, 5) is 13.5. The van der Waals surface area contributed by atoms with Crippen molar-refractivity contribution in [3.05, 3.63) is 47.5 Å². The van der Waals surface area contributed by atoms with E-state index in [2.05, 4.69) is 5.32 Å².